The summed E-state index contributed by atoms with van der Waals surface area (Å²) in [6.07, 6.45) is 4.89. The summed E-state index contributed by atoms with van der Waals surface area (Å²) in [6.45, 7) is 2.14. The van der Waals surface area contributed by atoms with E-state index >= 15 is 0 Å². The maximum atomic E-state index is 6.19. The number of hydrogen-bond acceptors (Lipinski definition) is 2. The van der Waals surface area contributed by atoms with E-state index in [4.69, 9.17) is 28.9 Å². The van der Waals surface area contributed by atoms with Crippen molar-refractivity contribution in [1.82, 2.24) is 9.97 Å². The molecule has 3 nitrogen and oxygen atoms in total. The number of nitrogens with two attached hydrogens (primary N) is 1. The molecule has 0 amide bonds. The molecule has 0 fully saturated rings. The Morgan fingerprint density at radius 3 is 2.89 bits per heavy atom. The summed E-state index contributed by atoms with van der Waals surface area (Å²) in [5, 5.41) is 1.06. The van der Waals surface area contributed by atoms with E-state index in [9.17, 15) is 0 Å². The van der Waals surface area contributed by atoms with Crippen LogP contribution in [0, 0.1) is 0 Å². The van der Waals surface area contributed by atoms with Crippen LogP contribution in [0.25, 0.3) is 11.3 Å². The van der Waals surface area contributed by atoms with Gasteiger partial charge in [-0.25, -0.2) is 4.98 Å². The fourth-order valence-corrected chi connectivity index (χ4v) is 2.34. The van der Waals surface area contributed by atoms with Crippen molar-refractivity contribution in [3.05, 3.63) is 40.3 Å². The summed E-state index contributed by atoms with van der Waals surface area (Å²) in [4.78, 5) is 7.56. The van der Waals surface area contributed by atoms with Gasteiger partial charge in [0.05, 0.1) is 28.0 Å². The Bertz CT molecular complexity index is 551. The Labute approximate surface area is 123 Å². The highest BCUT2D eigenvalue weighted by molar-refractivity contribution is 6.43. The van der Waals surface area contributed by atoms with Crippen molar-refractivity contribution >= 4 is 23.2 Å². The lowest BCUT2D eigenvalue weighted by molar-refractivity contribution is 0.580. The van der Waals surface area contributed by atoms with Crippen molar-refractivity contribution in [2.75, 3.05) is 0 Å². The maximum Gasteiger partial charge on any atom is 0.123 e. The first-order valence-electron chi connectivity index (χ1n) is 6.38. The number of H-pyrrole nitrogens is 1. The molecule has 2 rings (SSSR count). The Kier molecular flexibility index (Phi) is 4.86. The van der Waals surface area contributed by atoms with Gasteiger partial charge in [0.15, 0.2) is 0 Å². The van der Waals surface area contributed by atoms with Crippen LogP contribution in [0.1, 0.15) is 38.1 Å². The van der Waals surface area contributed by atoms with Gasteiger partial charge in [0, 0.05) is 5.56 Å². The van der Waals surface area contributed by atoms with Gasteiger partial charge in [0.25, 0.3) is 0 Å². The van der Waals surface area contributed by atoms with Crippen LogP contribution in [-0.2, 0) is 0 Å². The smallest absolute Gasteiger partial charge is 0.123 e. The lowest BCUT2D eigenvalue weighted by atomic mass is 10.1. The minimum absolute atomic E-state index is 0.0633. The van der Waals surface area contributed by atoms with E-state index in [0.717, 1.165) is 36.3 Å². The van der Waals surface area contributed by atoms with Gasteiger partial charge < -0.3 is 10.7 Å². The second kappa shape index (κ2) is 6.42. The van der Waals surface area contributed by atoms with Crippen LogP contribution in [0.15, 0.2) is 24.4 Å². The highest BCUT2D eigenvalue weighted by atomic mass is 35.5. The second-order valence-electron chi connectivity index (χ2n) is 4.53. The summed E-state index contributed by atoms with van der Waals surface area (Å²) in [5.74, 6) is 0.791. The molecule has 0 saturated carbocycles. The van der Waals surface area contributed by atoms with E-state index in [2.05, 4.69) is 16.9 Å². The Morgan fingerprint density at radius 1 is 1.37 bits per heavy atom. The molecule has 5 heteroatoms. The van der Waals surface area contributed by atoms with Gasteiger partial charge in [-0.15, -0.1) is 0 Å². The standard InChI is InChI=1S/C14H17Cl2N3/c1-2-3-7-11(17)14-18-8-12(19-14)9-5-4-6-10(15)13(9)16/h4-6,8,11H,2-3,7,17H2,1H3,(H,18,19). The van der Waals surface area contributed by atoms with E-state index in [1.807, 2.05) is 12.1 Å². The molecule has 1 aromatic carbocycles. The van der Waals surface area contributed by atoms with E-state index in [-0.39, 0.29) is 6.04 Å². The van der Waals surface area contributed by atoms with Gasteiger partial charge in [0.1, 0.15) is 5.82 Å². The predicted molar refractivity (Wildman–Crippen MR) is 80.5 cm³/mol. The molecule has 0 bridgehead atoms. The summed E-state index contributed by atoms with van der Waals surface area (Å²) in [6, 6.07) is 5.47. The average molecular weight is 298 g/mol. The molecule has 1 heterocycles. The number of unbranched alkanes of at least 4 members (excludes halogenated alkanes) is 1. The van der Waals surface area contributed by atoms with Gasteiger partial charge in [-0.1, -0.05) is 55.1 Å². The largest absolute Gasteiger partial charge is 0.341 e. The molecule has 0 aliphatic carbocycles. The van der Waals surface area contributed by atoms with Gasteiger partial charge in [0.2, 0.25) is 0 Å². The third-order valence-corrected chi connectivity index (χ3v) is 3.88. The number of hydrogen-bond donors (Lipinski definition) is 2. The number of nitrogens with zero attached hydrogens (tertiary/aromatic N) is 1. The SMILES string of the molecule is CCCCC(N)c1ncc(-c2cccc(Cl)c2Cl)[nH]1. The first kappa shape index (κ1) is 14.4. The zero-order chi connectivity index (χ0) is 13.8. The van der Waals surface area contributed by atoms with Gasteiger partial charge >= 0.3 is 0 Å². The fourth-order valence-electron chi connectivity index (χ4n) is 1.93. The van der Waals surface area contributed by atoms with Crippen molar-refractivity contribution in [1.29, 1.82) is 0 Å². The Balaban J connectivity index is 2.23. The first-order valence-corrected chi connectivity index (χ1v) is 7.14. The van der Waals surface area contributed by atoms with E-state index in [1.54, 1.807) is 12.3 Å². The minimum Gasteiger partial charge on any atom is -0.341 e. The maximum absolute atomic E-state index is 6.19. The van der Waals surface area contributed by atoms with Crippen molar-refractivity contribution in [2.45, 2.75) is 32.2 Å². The van der Waals surface area contributed by atoms with Gasteiger partial charge in [-0.2, -0.15) is 0 Å². The van der Waals surface area contributed by atoms with Crippen molar-refractivity contribution < 1.29 is 0 Å². The molecule has 0 spiro atoms. The topological polar surface area (TPSA) is 54.7 Å². The molecule has 3 N–H and O–H groups in total. The Morgan fingerprint density at radius 2 is 2.16 bits per heavy atom. The van der Waals surface area contributed by atoms with Gasteiger partial charge in [-0.3, -0.25) is 0 Å². The van der Waals surface area contributed by atoms with Crippen molar-refractivity contribution in [3.63, 3.8) is 0 Å². The van der Waals surface area contributed by atoms with Crippen LogP contribution in [-0.4, -0.2) is 9.97 Å². The number of rotatable bonds is 5. The molecular formula is C14H17Cl2N3. The number of aromatic nitrogens is 2. The third-order valence-electron chi connectivity index (χ3n) is 3.06. The van der Waals surface area contributed by atoms with Crippen molar-refractivity contribution in [3.8, 4) is 11.3 Å². The third kappa shape index (κ3) is 3.30. The highest BCUT2D eigenvalue weighted by Crippen LogP contribution is 2.32. The highest BCUT2D eigenvalue weighted by Gasteiger charge is 2.13. The van der Waals surface area contributed by atoms with Crippen LogP contribution < -0.4 is 5.73 Å². The fraction of sp³-hybridized carbons (Fsp3) is 0.357. The molecular weight excluding hydrogens is 281 g/mol. The number of aromatic amines is 1. The van der Waals surface area contributed by atoms with Crippen LogP contribution in [0.4, 0.5) is 0 Å². The number of nitrogens with one attached hydrogen (secondary N) is 1. The zero-order valence-corrected chi connectivity index (χ0v) is 12.3. The molecule has 0 aliphatic heterocycles. The normalized spacial score (nSPS) is 12.6. The van der Waals surface area contributed by atoms with E-state index < -0.39 is 0 Å². The second-order valence-corrected chi connectivity index (χ2v) is 5.32. The summed E-state index contributed by atoms with van der Waals surface area (Å²) in [7, 11) is 0. The molecule has 102 valence electrons. The quantitative estimate of drug-likeness (QED) is 0.849. The summed E-state index contributed by atoms with van der Waals surface area (Å²) in [5.41, 5.74) is 7.77. The number of benzene rings is 1. The zero-order valence-electron chi connectivity index (χ0n) is 10.8. The molecule has 1 aromatic heterocycles. The number of halogens is 2. The Hall–Kier alpha value is -1.03. The molecule has 1 atom stereocenters. The number of imidazole rings is 1. The monoisotopic (exact) mass is 297 g/mol. The lowest BCUT2D eigenvalue weighted by Gasteiger charge is -2.07. The molecule has 0 saturated heterocycles. The van der Waals surface area contributed by atoms with E-state index in [0.29, 0.717) is 10.0 Å². The lowest BCUT2D eigenvalue weighted by Crippen LogP contribution is -2.11. The van der Waals surface area contributed by atoms with E-state index in [1.165, 1.54) is 0 Å². The van der Waals surface area contributed by atoms with Crippen LogP contribution in [0.5, 0.6) is 0 Å². The van der Waals surface area contributed by atoms with Crippen molar-refractivity contribution in [2.24, 2.45) is 5.73 Å². The molecule has 0 aliphatic rings. The van der Waals surface area contributed by atoms with Crippen LogP contribution >= 0.6 is 23.2 Å². The molecule has 1 unspecified atom stereocenters. The first-order chi connectivity index (χ1) is 9.13. The van der Waals surface area contributed by atoms with Gasteiger partial charge in [-0.05, 0) is 12.5 Å². The molecule has 2 aromatic rings. The summed E-state index contributed by atoms with van der Waals surface area (Å²) >= 11 is 12.2. The molecule has 0 radical (unpaired) electrons. The average Bonchev–Trinajstić information content (AvgIpc) is 2.88. The predicted octanol–water partition coefficient (Wildman–Crippen LogP) is 4.57. The minimum atomic E-state index is -0.0633. The summed E-state index contributed by atoms with van der Waals surface area (Å²) < 4.78 is 0. The van der Waals surface area contributed by atoms with Crippen LogP contribution in [0.2, 0.25) is 10.0 Å². The van der Waals surface area contributed by atoms with Crippen LogP contribution in [0.3, 0.4) is 0 Å². The molecule has 19 heavy (non-hydrogen) atoms.